The van der Waals surface area contributed by atoms with E-state index in [1.807, 2.05) is 30.5 Å². The smallest absolute Gasteiger partial charge is 0.224 e. The van der Waals surface area contributed by atoms with Crippen LogP contribution in [0.4, 0.5) is 5.69 Å². The van der Waals surface area contributed by atoms with Crippen LogP contribution in [-0.2, 0) is 17.8 Å². The molecule has 1 heterocycles. The average Bonchev–Trinajstić information content (AvgIpc) is 3.15. The molecule has 0 fully saturated rings. The number of nitrogens with one attached hydrogen (secondary N) is 1. The molecule has 0 aliphatic carbocycles. The lowest BCUT2D eigenvalue weighted by Crippen LogP contribution is -2.11. The van der Waals surface area contributed by atoms with E-state index in [4.69, 9.17) is 4.74 Å². The molecule has 0 atom stereocenters. The summed E-state index contributed by atoms with van der Waals surface area (Å²) in [6, 6.07) is 15.3. The Hall–Kier alpha value is -2.99. The van der Waals surface area contributed by atoms with Gasteiger partial charge in [-0.1, -0.05) is 37.3 Å². The van der Waals surface area contributed by atoms with E-state index in [2.05, 4.69) is 22.4 Å². The minimum Gasteiger partial charge on any atom is -0.487 e. The highest BCUT2D eigenvalue weighted by molar-refractivity contribution is 7.09. The number of nitrogens with zero attached hydrogens (tertiary/aromatic N) is 1. The fourth-order valence-corrected chi connectivity index (χ4v) is 3.69. The fraction of sp³-hybridized carbons (Fsp3) is 0.261. The summed E-state index contributed by atoms with van der Waals surface area (Å²) in [7, 11) is 0. The summed E-state index contributed by atoms with van der Waals surface area (Å²) in [4.78, 5) is 28.5. The van der Waals surface area contributed by atoms with Gasteiger partial charge in [-0.25, -0.2) is 4.98 Å². The number of anilines is 1. The van der Waals surface area contributed by atoms with Crippen LogP contribution in [0, 0.1) is 0 Å². The number of aromatic nitrogens is 1. The number of benzene rings is 2. The number of thiazole rings is 1. The number of carbonyl (C=O) groups is 2. The first-order chi connectivity index (χ1) is 14.0. The third kappa shape index (κ3) is 5.99. The standard InChI is InChI=1S/C23H24N2O3S/c1-3-7-22(27)24-18-10-11-21(20(13-18)16(2)26)28-14-19-15-29-23(25-19)12-17-8-5-4-6-9-17/h4-6,8-11,13,15H,3,7,12,14H2,1-2H3,(H,24,27). The molecule has 0 spiro atoms. The SMILES string of the molecule is CCCC(=O)Nc1ccc(OCc2csc(Cc3ccccc3)n2)c(C(C)=O)c1. The lowest BCUT2D eigenvalue weighted by molar-refractivity contribution is -0.116. The topological polar surface area (TPSA) is 68.3 Å². The van der Waals surface area contributed by atoms with Crippen molar-refractivity contribution >= 4 is 28.7 Å². The lowest BCUT2D eigenvalue weighted by Gasteiger charge is -2.11. The Labute approximate surface area is 174 Å². The second kappa shape index (κ2) is 9.98. The van der Waals surface area contributed by atoms with Crippen LogP contribution < -0.4 is 10.1 Å². The van der Waals surface area contributed by atoms with Gasteiger partial charge in [-0.05, 0) is 37.1 Å². The zero-order valence-corrected chi connectivity index (χ0v) is 17.4. The number of carbonyl (C=O) groups excluding carboxylic acids is 2. The van der Waals surface area contributed by atoms with E-state index in [1.54, 1.807) is 29.5 Å². The summed E-state index contributed by atoms with van der Waals surface area (Å²) in [5.74, 6) is 0.308. The van der Waals surface area contributed by atoms with E-state index in [1.165, 1.54) is 12.5 Å². The number of hydrogen-bond donors (Lipinski definition) is 1. The van der Waals surface area contributed by atoms with Gasteiger partial charge in [-0.3, -0.25) is 9.59 Å². The second-order valence-electron chi connectivity index (χ2n) is 6.75. The van der Waals surface area contributed by atoms with Crippen molar-refractivity contribution in [2.45, 2.75) is 39.7 Å². The Bertz CT molecular complexity index is 983. The minimum absolute atomic E-state index is 0.0657. The van der Waals surface area contributed by atoms with Gasteiger partial charge in [-0.15, -0.1) is 11.3 Å². The molecule has 0 radical (unpaired) electrons. The molecule has 0 bridgehead atoms. The van der Waals surface area contributed by atoms with Gasteiger partial charge >= 0.3 is 0 Å². The molecule has 5 nitrogen and oxygen atoms in total. The van der Waals surface area contributed by atoms with Crippen LogP contribution in [0.5, 0.6) is 5.75 Å². The van der Waals surface area contributed by atoms with E-state index in [0.717, 1.165) is 23.5 Å². The Morgan fingerprint density at radius 2 is 1.93 bits per heavy atom. The number of rotatable bonds is 9. The highest BCUT2D eigenvalue weighted by Crippen LogP contribution is 2.25. The Morgan fingerprint density at radius 1 is 1.14 bits per heavy atom. The molecule has 0 saturated carbocycles. The van der Waals surface area contributed by atoms with Gasteiger partial charge in [0, 0.05) is 23.9 Å². The molecule has 150 valence electrons. The van der Waals surface area contributed by atoms with Crippen molar-refractivity contribution in [2.75, 3.05) is 5.32 Å². The third-order valence-corrected chi connectivity index (χ3v) is 5.19. The summed E-state index contributed by atoms with van der Waals surface area (Å²) in [5, 5.41) is 5.81. The maximum atomic E-state index is 12.0. The zero-order valence-electron chi connectivity index (χ0n) is 16.6. The molecular formula is C23H24N2O3S. The van der Waals surface area contributed by atoms with Crippen molar-refractivity contribution in [2.24, 2.45) is 0 Å². The molecule has 6 heteroatoms. The van der Waals surface area contributed by atoms with Crippen LogP contribution in [0.1, 0.15) is 53.3 Å². The predicted molar refractivity (Wildman–Crippen MR) is 116 cm³/mol. The monoisotopic (exact) mass is 408 g/mol. The van der Waals surface area contributed by atoms with Gasteiger partial charge in [0.15, 0.2) is 5.78 Å². The number of ketones is 1. The first-order valence-electron chi connectivity index (χ1n) is 9.60. The second-order valence-corrected chi connectivity index (χ2v) is 7.69. The van der Waals surface area contributed by atoms with Gasteiger partial charge in [0.1, 0.15) is 12.4 Å². The fourth-order valence-electron chi connectivity index (χ4n) is 2.88. The van der Waals surface area contributed by atoms with E-state index in [9.17, 15) is 9.59 Å². The van der Waals surface area contributed by atoms with Crippen molar-refractivity contribution in [1.82, 2.24) is 4.98 Å². The molecule has 1 amide bonds. The predicted octanol–water partition coefficient (Wildman–Crippen LogP) is 5.25. The van der Waals surface area contributed by atoms with E-state index in [-0.39, 0.29) is 18.3 Å². The zero-order chi connectivity index (χ0) is 20.6. The maximum Gasteiger partial charge on any atom is 0.224 e. The number of Topliss-reactive ketones (excluding diaryl/α,β-unsaturated/α-hetero) is 1. The van der Waals surface area contributed by atoms with Crippen LogP contribution >= 0.6 is 11.3 Å². The van der Waals surface area contributed by atoms with Crippen LogP contribution in [0.2, 0.25) is 0 Å². The van der Waals surface area contributed by atoms with Crippen molar-refractivity contribution in [3.8, 4) is 5.75 Å². The Kier molecular flexibility index (Phi) is 7.14. The Morgan fingerprint density at radius 3 is 2.66 bits per heavy atom. The van der Waals surface area contributed by atoms with Crippen molar-refractivity contribution in [1.29, 1.82) is 0 Å². The molecule has 3 rings (SSSR count). The number of hydrogen-bond acceptors (Lipinski definition) is 5. The normalized spacial score (nSPS) is 10.6. The lowest BCUT2D eigenvalue weighted by atomic mass is 10.1. The van der Waals surface area contributed by atoms with Crippen molar-refractivity contribution in [3.05, 3.63) is 75.7 Å². The molecular weight excluding hydrogens is 384 g/mol. The van der Waals surface area contributed by atoms with Gasteiger partial charge in [0.05, 0.1) is 16.3 Å². The maximum absolute atomic E-state index is 12.0. The average molecular weight is 409 g/mol. The molecule has 0 aliphatic heterocycles. The molecule has 1 aromatic heterocycles. The van der Waals surface area contributed by atoms with Crippen LogP contribution in [0.15, 0.2) is 53.9 Å². The molecule has 3 aromatic rings. The molecule has 0 aliphatic rings. The van der Waals surface area contributed by atoms with Crippen LogP contribution in [0.25, 0.3) is 0 Å². The van der Waals surface area contributed by atoms with Gasteiger partial charge < -0.3 is 10.1 Å². The highest BCUT2D eigenvalue weighted by Gasteiger charge is 2.12. The number of amides is 1. The quantitative estimate of drug-likeness (QED) is 0.491. The third-order valence-electron chi connectivity index (χ3n) is 4.29. The summed E-state index contributed by atoms with van der Waals surface area (Å²) < 4.78 is 5.87. The summed E-state index contributed by atoms with van der Waals surface area (Å²) >= 11 is 1.60. The molecule has 29 heavy (non-hydrogen) atoms. The highest BCUT2D eigenvalue weighted by atomic mass is 32.1. The van der Waals surface area contributed by atoms with Gasteiger partial charge in [0.25, 0.3) is 0 Å². The first-order valence-corrected chi connectivity index (χ1v) is 10.5. The van der Waals surface area contributed by atoms with Gasteiger partial charge in [0.2, 0.25) is 5.91 Å². The molecule has 1 N–H and O–H groups in total. The largest absolute Gasteiger partial charge is 0.487 e. The molecule has 0 unspecified atom stereocenters. The Balaban J connectivity index is 1.65. The van der Waals surface area contributed by atoms with Crippen LogP contribution in [-0.4, -0.2) is 16.7 Å². The first kappa shape index (κ1) is 20.7. The summed E-state index contributed by atoms with van der Waals surface area (Å²) in [6.45, 7) is 3.72. The summed E-state index contributed by atoms with van der Waals surface area (Å²) in [5.41, 5.74) is 3.09. The van der Waals surface area contributed by atoms with Crippen molar-refractivity contribution < 1.29 is 14.3 Å². The number of ether oxygens (including phenoxy) is 1. The van der Waals surface area contributed by atoms with Crippen LogP contribution in [0.3, 0.4) is 0 Å². The molecule has 2 aromatic carbocycles. The summed E-state index contributed by atoms with van der Waals surface area (Å²) in [6.07, 6.45) is 2.01. The van der Waals surface area contributed by atoms with E-state index in [0.29, 0.717) is 23.4 Å². The van der Waals surface area contributed by atoms with Crippen molar-refractivity contribution in [3.63, 3.8) is 0 Å². The van der Waals surface area contributed by atoms with E-state index < -0.39 is 0 Å². The van der Waals surface area contributed by atoms with Gasteiger partial charge in [-0.2, -0.15) is 0 Å². The van der Waals surface area contributed by atoms with E-state index >= 15 is 0 Å². The molecule has 0 saturated heterocycles. The minimum atomic E-state index is -0.116.